The van der Waals surface area contributed by atoms with Crippen LogP contribution in [0.5, 0.6) is 0 Å². The molecule has 0 radical (unpaired) electrons. The molecule has 2 bridgehead atoms. The Balaban J connectivity index is 1.57. The van der Waals surface area contributed by atoms with Crippen LogP contribution in [0.25, 0.3) is 0 Å². The van der Waals surface area contributed by atoms with E-state index in [-0.39, 0.29) is 27.7 Å². The fraction of sp³-hybridized carbons (Fsp3) is 0.458. The molecule has 2 aliphatic rings. The van der Waals surface area contributed by atoms with Crippen molar-refractivity contribution in [1.82, 2.24) is 4.31 Å². The van der Waals surface area contributed by atoms with Gasteiger partial charge in [0.05, 0.1) is 4.90 Å². The number of anilines is 1. The van der Waals surface area contributed by atoms with Crippen LogP contribution >= 0.6 is 0 Å². The van der Waals surface area contributed by atoms with Gasteiger partial charge >= 0.3 is 0 Å². The van der Waals surface area contributed by atoms with E-state index in [9.17, 15) is 13.2 Å². The fourth-order valence-corrected chi connectivity index (χ4v) is 7.29. The standard InChI is InChI=1S/C24H30N2O3S/c1-17-8-10-18(11-9-17)22(27)25-19-6-5-7-21(12-19)30(28,29)26-16-24(4)14-20(26)13-23(2,3)15-24/h5-12,20H,13-16H2,1-4H3,(H,25,27)/t20-,24+/m0/s1. The van der Waals surface area contributed by atoms with E-state index >= 15 is 0 Å². The zero-order chi connectivity index (χ0) is 21.7. The Morgan fingerprint density at radius 1 is 1.07 bits per heavy atom. The predicted molar refractivity (Wildman–Crippen MR) is 119 cm³/mol. The molecule has 160 valence electrons. The quantitative estimate of drug-likeness (QED) is 0.761. The lowest BCUT2D eigenvalue weighted by molar-refractivity contribution is 0.102. The summed E-state index contributed by atoms with van der Waals surface area (Å²) in [6, 6.07) is 13.9. The summed E-state index contributed by atoms with van der Waals surface area (Å²) in [7, 11) is -3.63. The minimum absolute atomic E-state index is 0.0246. The number of hydrogen-bond acceptors (Lipinski definition) is 3. The van der Waals surface area contributed by atoms with Crippen LogP contribution < -0.4 is 5.32 Å². The van der Waals surface area contributed by atoms with Gasteiger partial charge in [0.25, 0.3) is 5.91 Å². The van der Waals surface area contributed by atoms with Crippen molar-refractivity contribution in [3.05, 3.63) is 59.7 Å². The van der Waals surface area contributed by atoms with Crippen molar-refractivity contribution in [2.75, 3.05) is 11.9 Å². The number of rotatable bonds is 4. The Kier molecular flexibility index (Phi) is 5.06. The summed E-state index contributed by atoms with van der Waals surface area (Å²) >= 11 is 0. The molecule has 1 saturated carbocycles. The highest BCUT2D eigenvalue weighted by atomic mass is 32.2. The van der Waals surface area contributed by atoms with Gasteiger partial charge in [-0.15, -0.1) is 0 Å². The van der Waals surface area contributed by atoms with Gasteiger partial charge in [-0.1, -0.05) is 44.5 Å². The highest BCUT2D eigenvalue weighted by Gasteiger charge is 2.53. The molecule has 1 aliphatic carbocycles. The third-order valence-corrected chi connectivity index (χ3v) is 8.27. The molecule has 30 heavy (non-hydrogen) atoms. The summed E-state index contributed by atoms with van der Waals surface area (Å²) < 4.78 is 28.7. The van der Waals surface area contributed by atoms with Crippen LogP contribution in [0.2, 0.25) is 0 Å². The maximum atomic E-state index is 13.5. The third-order valence-electron chi connectivity index (χ3n) is 6.38. The van der Waals surface area contributed by atoms with Crippen molar-refractivity contribution < 1.29 is 13.2 Å². The second-order valence-electron chi connectivity index (χ2n) is 10.1. The van der Waals surface area contributed by atoms with E-state index in [1.807, 2.05) is 19.1 Å². The molecule has 0 unspecified atom stereocenters. The highest BCUT2D eigenvalue weighted by Crippen LogP contribution is 2.53. The van der Waals surface area contributed by atoms with E-state index < -0.39 is 10.0 Å². The minimum Gasteiger partial charge on any atom is -0.322 e. The Labute approximate surface area is 179 Å². The molecular formula is C24H30N2O3S. The summed E-state index contributed by atoms with van der Waals surface area (Å²) in [5, 5.41) is 2.83. The Bertz CT molecular complexity index is 1080. The van der Waals surface area contributed by atoms with Gasteiger partial charge in [0.15, 0.2) is 0 Å². The molecule has 4 rings (SSSR count). The maximum Gasteiger partial charge on any atom is 0.255 e. The number of aryl methyl sites for hydroxylation is 1. The van der Waals surface area contributed by atoms with Crippen molar-refractivity contribution in [3.8, 4) is 0 Å². The average molecular weight is 427 g/mol. The van der Waals surface area contributed by atoms with Crippen LogP contribution in [0.1, 0.15) is 56.0 Å². The van der Waals surface area contributed by atoms with Crippen molar-refractivity contribution >= 4 is 21.6 Å². The number of hydrogen-bond donors (Lipinski definition) is 1. The monoisotopic (exact) mass is 426 g/mol. The molecule has 0 spiro atoms. The number of fused-ring (bicyclic) bond motifs is 2. The number of nitrogens with zero attached hydrogens (tertiary/aromatic N) is 1. The summed E-state index contributed by atoms with van der Waals surface area (Å²) in [5.41, 5.74) is 2.27. The SMILES string of the molecule is Cc1ccc(C(=O)Nc2cccc(S(=O)(=O)N3C[C@]4(C)C[C@@H]3CC(C)(C)C4)c2)cc1. The largest absolute Gasteiger partial charge is 0.322 e. The highest BCUT2D eigenvalue weighted by molar-refractivity contribution is 7.89. The second-order valence-corrected chi connectivity index (χ2v) is 12.0. The van der Waals surface area contributed by atoms with E-state index in [1.54, 1.807) is 40.7 Å². The Hall–Kier alpha value is -2.18. The van der Waals surface area contributed by atoms with Gasteiger partial charge in [-0.3, -0.25) is 4.79 Å². The molecule has 1 saturated heterocycles. The molecular weight excluding hydrogens is 396 g/mol. The molecule has 0 aromatic heterocycles. The van der Waals surface area contributed by atoms with E-state index in [2.05, 4.69) is 26.1 Å². The number of carbonyl (C=O) groups is 1. The number of carbonyl (C=O) groups excluding carboxylic acids is 1. The maximum absolute atomic E-state index is 13.5. The van der Waals surface area contributed by atoms with Crippen molar-refractivity contribution in [3.63, 3.8) is 0 Å². The molecule has 2 aromatic rings. The molecule has 1 aliphatic heterocycles. The summed E-state index contributed by atoms with van der Waals surface area (Å²) in [4.78, 5) is 12.8. The molecule has 2 atom stereocenters. The molecule has 2 aromatic carbocycles. The molecule has 6 heteroatoms. The van der Waals surface area contributed by atoms with Crippen LogP contribution in [0.3, 0.4) is 0 Å². The summed E-state index contributed by atoms with van der Waals surface area (Å²) in [6.45, 7) is 9.19. The summed E-state index contributed by atoms with van der Waals surface area (Å²) in [6.07, 6.45) is 2.83. The zero-order valence-corrected chi connectivity index (χ0v) is 18.9. The van der Waals surface area contributed by atoms with Gasteiger partial charge in [-0.05, 0) is 67.3 Å². The minimum atomic E-state index is -3.63. The van der Waals surface area contributed by atoms with E-state index in [4.69, 9.17) is 0 Å². The number of sulfonamides is 1. The van der Waals surface area contributed by atoms with Gasteiger partial charge in [0.2, 0.25) is 10.0 Å². The smallest absolute Gasteiger partial charge is 0.255 e. The average Bonchev–Trinajstić information content (AvgIpc) is 2.92. The zero-order valence-electron chi connectivity index (χ0n) is 18.1. The van der Waals surface area contributed by atoms with Gasteiger partial charge in [0.1, 0.15) is 0 Å². The normalized spacial score (nSPS) is 25.8. The molecule has 2 fully saturated rings. The topological polar surface area (TPSA) is 66.5 Å². The van der Waals surface area contributed by atoms with Crippen molar-refractivity contribution in [2.45, 2.75) is 57.9 Å². The first-order chi connectivity index (χ1) is 14.0. The van der Waals surface area contributed by atoms with Crippen LogP contribution in [-0.2, 0) is 10.0 Å². The van der Waals surface area contributed by atoms with Crippen molar-refractivity contribution in [1.29, 1.82) is 0 Å². The van der Waals surface area contributed by atoms with Gasteiger partial charge in [-0.25, -0.2) is 8.42 Å². The first-order valence-electron chi connectivity index (χ1n) is 10.5. The van der Waals surface area contributed by atoms with Gasteiger partial charge in [0, 0.05) is 23.8 Å². The lowest BCUT2D eigenvalue weighted by atomic mass is 9.65. The second kappa shape index (κ2) is 7.20. The lowest BCUT2D eigenvalue weighted by Gasteiger charge is -2.39. The Morgan fingerprint density at radius 2 is 1.77 bits per heavy atom. The van der Waals surface area contributed by atoms with Crippen LogP contribution in [0, 0.1) is 17.8 Å². The first-order valence-corrected chi connectivity index (χ1v) is 11.9. The number of amides is 1. The number of benzene rings is 2. The van der Waals surface area contributed by atoms with E-state index in [0.717, 1.165) is 24.8 Å². The first kappa shape index (κ1) is 21.1. The fourth-order valence-electron chi connectivity index (χ4n) is 5.47. The predicted octanol–water partition coefficient (Wildman–Crippen LogP) is 4.84. The molecule has 1 N–H and O–H groups in total. The molecule has 5 nitrogen and oxygen atoms in total. The van der Waals surface area contributed by atoms with Gasteiger partial charge < -0.3 is 5.32 Å². The van der Waals surface area contributed by atoms with Crippen molar-refractivity contribution in [2.24, 2.45) is 10.8 Å². The number of nitrogens with one attached hydrogen (secondary N) is 1. The van der Waals surface area contributed by atoms with Crippen LogP contribution in [-0.4, -0.2) is 31.2 Å². The van der Waals surface area contributed by atoms with Crippen LogP contribution in [0.15, 0.2) is 53.4 Å². The van der Waals surface area contributed by atoms with E-state index in [1.165, 1.54) is 0 Å². The third kappa shape index (κ3) is 4.03. The molecule has 1 amide bonds. The van der Waals surface area contributed by atoms with Crippen LogP contribution in [0.4, 0.5) is 5.69 Å². The summed E-state index contributed by atoms with van der Waals surface area (Å²) in [5.74, 6) is -0.254. The van der Waals surface area contributed by atoms with Gasteiger partial charge in [-0.2, -0.15) is 4.31 Å². The lowest BCUT2D eigenvalue weighted by Crippen LogP contribution is -2.37. The molecule has 1 heterocycles. The van der Waals surface area contributed by atoms with E-state index in [0.29, 0.717) is 17.8 Å². The Morgan fingerprint density at radius 3 is 2.47 bits per heavy atom.